The molecular formula is C45H56N2O6. The van der Waals surface area contributed by atoms with Crippen molar-refractivity contribution in [1.82, 2.24) is 4.98 Å². The van der Waals surface area contributed by atoms with Crippen LogP contribution in [0.3, 0.4) is 0 Å². The first-order chi connectivity index (χ1) is 25.7. The number of aryl methyl sites for hydroxylation is 4. The molecule has 8 nitrogen and oxygen atoms in total. The van der Waals surface area contributed by atoms with Crippen molar-refractivity contribution >= 4 is 23.0 Å². The lowest BCUT2D eigenvalue weighted by molar-refractivity contribution is -0.124. The molecule has 282 valence electrons. The molecule has 5 N–H and O–H groups in total. The van der Waals surface area contributed by atoms with Gasteiger partial charge in [0.25, 0.3) is 0 Å². The molecule has 3 aromatic carbocycles. The van der Waals surface area contributed by atoms with Crippen LogP contribution in [0.1, 0.15) is 97.2 Å². The Labute approximate surface area is 314 Å². The van der Waals surface area contributed by atoms with E-state index in [-0.39, 0.29) is 36.1 Å². The largest absolute Gasteiger partial charge is 0.504 e. The second kappa shape index (κ2) is 21.7. The van der Waals surface area contributed by atoms with E-state index in [1.165, 1.54) is 29.9 Å². The SMILES string of the molecule is CCC[C@H](CCCO)CCCC(=O)CC(=O)C=C(CO)c1cc(OC)c(O)cc1Cc1cnc(N)cc1CCc1cccc(CCc2ccccc2)c1. The van der Waals surface area contributed by atoms with Crippen molar-refractivity contribution < 1.29 is 29.6 Å². The van der Waals surface area contributed by atoms with Crippen LogP contribution in [0.5, 0.6) is 11.5 Å². The second-order valence-electron chi connectivity index (χ2n) is 14.0. The molecule has 0 saturated carbocycles. The standard InChI is InChI=1S/C45H56N2O6/c1-3-10-32(16-9-22-48)13-8-17-40(50)28-41(51)25-39(31-49)42-29-44(53-2)43(52)26-37(42)24-38-30-47-45(46)27-36(38)21-20-35-15-7-14-34(23-35)19-18-33-11-5-4-6-12-33/h4-7,11-12,14-15,23,25-27,29-30,32,48-49,52H,3,8-10,13,16-22,24,28,31H2,1-2H3,(H2,46,47)/t32-/m0/s1. The van der Waals surface area contributed by atoms with Gasteiger partial charge in [0.2, 0.25) is 0 Å². The number of hydrogen-bond acceptors (Lipinski definition) is 8. The number of carbonyl (C=O) groups excluding carboxylic acids is 2. The molecule has 4 rings (SSSR count). The number of rotatable bonds is 23. The van der Waals surface area contributed by atoms with Crippen LogP contribution in [-0.4, -0.2) is 52.2 Å². The fraction of sp³-hybridized carbons (Fsp3) is 0.400. The molecule has 53 heavy (non-hydrogen) atoms. The van der Waals surface area contributed by atoms with Crippen molar-refractivity contribution in [3.05, 3.63) is 124 Å². The first-order valence-corrected chi connectivity index (χ1v) is 18.9. The van der Waals surface area contributed by atoms with Gasteiger partial charge in [0.05, 0.1) is 20.1 Å². The number of nitrogens with zero attached hydrogens (tertiary/aromatic N) is 1. The van der Waals surface area contributed by atoms with Gasteiger partial charge in [-0.25, -0.2) is 4.98 Å². The van der Waals surface area contributed by atoms with Crippen molar-refractivity contribution in [3.63, 3.8) is 0 Å². The highest BCUT2D eigenvalue weighted by molar-refractivity contribution is 6.07. The fourth-order valence-electron chi connectivity index (χ4n) is 7.06. The summed E-state index contributed by atoms with van der Waals surface area (Å²) in [6.45, 7) is 1.86. The van der Waals surface area contributed by atoms with Crippen LogP contribution < -0.4 is 10.5 Å². The molecule has 0 bridgehead atoms. The summed E-state index contributed by atoms with van der Waals surface area (Å²) in [6, 6.07) is 24.2. The Balaban J connectivity index is 1.48. The molecule has 0 fully saturated rings. The number of ether oxygens (including phenoxy) is 1. The van der Waals surface area contributed by atoms with Crippen molar-refractivity contribution in [3.8, 4) is 11.5 Å². The third kappa shape index (κ3) is 13.3. The Morgan fingerprint density at radius 1 is 0.830 bits per heavy atom. The summed E-state index contributed by atoms with van der Waals surface area (Å²) in [5.41, 5.74) is 13.5. The van der Waals surface area contributed by atoms with Crippen molar-refractivity contribution in [2.45, 2.75) is 90.4 Å². The van der Waals surface area contributed by atoms with Crippen LogP contribution >= 0.6 is 0 Å². The fourth-order valence-corrected chi connectivity index (χ4v) is 7.06. The van der Waals surface area contributed by atoms with Gasteiger partial charge in [-0.15, -0.1) is 0 Å². The summed E-state index contributed by atoms with van der Waals surface area (Å²) in [6.07, 6.45) is 12.4. The minimum Gasteiger partial charge on any atom is -0.504 e. The molecule has 0 amide bonds. The maximum Gasteiger partial charge on any atom is 0.163 e. The Bertz CT molecular complexity index is 1800. The Morgan fingerprint density at radius 3 is 2.23 bits per heavy atom. The number of aromatic hydroxyl groups is 1. The number of phenols is 1. The van der Waals surface area contributed by atoms with Gasteiger partial charge in [-0.2, -0.15) is 0 Å². The van der Waals surface area contributed by atoms with Gasteiger partial charge in [-0.05, 0) is 126 Å². The third-order valence-electron chi connectivity index (χ3n) is 9.87. The summed E-state index contributed by atoms with van der Waals surface area (Å²) >= 11 is 0. The van der Waals surface area contributed by atoms with Gasteiger partial charge >= 0.3 is 0 Å². The number of methoxy groups -OCH3 is 1. The zero-order chi connectivity index (χ0) is 38.0. The van der Waals surface area contributed by atoms with Crippen molar-refractivity contribution in [1.29, 1.82) is 0 Å². The molecule has 4 aromatic rings. The first kappa shape index (κ1) is 41.0. The monoisotopic (exact) mass is 720 g/mol. The van der Waals surface area contributed by atoms with Gasteiger partial charge in [0.1, 0.15) is 11.6 Å². The first-order valence-electron chi connectivity index (χ1n) is 18.9. The van der Waals surface area contributed by atoms with Gasteiger partial charge in [0.15, 0.2) is 17.3 Å². The smallest absolute Gasteiger partial charge is 0.163 e. The summed E-state index contributed by atoms with van der Waals surface area (Å²) < 4.78 is 5.40. The number of nitrogens with two attached hydrogens (primary N) is 1. The van der Waals surface area contributed by atoms with Gasteiger partial charge < -0.3 is 25.8 Å². The quantitative estimate of drug-likeness (QED) is 0.0449. The van der Waals surface area contributed by atoms with E-state index in [1.54, 1.807) is 18.3 Å². The normalized spacial score (nSPS) is 12.1. The number of aromatic nitrogens is 1. The average molecular weight is 721 g/mol. The molecule has 0 spiro atoms. The van der Waals surface area contributed by atoms with E-state index in [0.29, 0.717) is 54.1 Å². The van der Waals surface area contributed by atoms with Crippen LogP contribution in [-0.2, 0) is 41.7 Å². The van der Waals surface area contributed by atoms with E-state index in [1.807, 2.05) is 12.1 Å². The molecule has 0 aliphatic heterocycles. The van der Waals surface area contributed by atoms with Crippen molar-refractivity contribution in [2.75, 3.05) is 26.1 Å². The van der Waals surface area contributed by atoms with Crippen LogP contribution in [0.25, 0.3) is 5.57 Å². The average Bonchev–Trinajstić information content (AvgIpc) is 3.16. The number of hydrogen-bond donors (Lipinski definition) is 4. The molecular weight excluding hydrogens is 665 g/mol. The number of aliphatic hydroxyl groups is 2. The summed E-state index contributed by atoms with van der Waals surface area (Å²) in [7, 11) is 1.44. The molecule has 1 atom stereocenters. The molecule has 0 radical (unpaired) electrons. The molecule has 0 aliphatic carbocycles. The molecule has 0 unspecified atom stereocenters. The van der Waals surface area contributed by atoms with E-state index in [4.69, 9.17) is 10.5 Å². The second-order valence-corrected chi connectivity index (χ2v) is 14.0. The molecule has 0 aliphatic rings. The maximum absolute atomic E-state index is 13.1. The van der Waals surface area contributed by atoms with Crippen LogP contribution in [0, 0.1) is 5.92 Å². The van der Waals surface area contributed by atoms with Gasteiger partial charge in [0, 0.05) is 19.2 Å². The number of pyridine rings is 1. The van der Waals surface area contributed by atoms with E-state index >= 15 is 0 Å². The summed E-state index contributed by atoms with van der Waals surface area (Å²) in [5, 5.41) is 30.5. The van der Waals surface area contributed by atoms with Crippen LogP contribution in [0.4, 0.5) is 5.82 Å². The lowest BCUT2D eigenvalue weighted by atomic mass is 9.90. The number of ketones is 2. The highest BCUT2D eigenvalue weighted by Crippen LogP contribution is 2.35. The number of benzene rings is 3. The zero-order valence-corrected chi connectivity index (χ0v) is 31.4. The Morgan fingerprint density at radius 2 is 1.53 bits per heavy atom. The molecule has 0 saturated heterocycles. The minimum atomic E-state index is -0.447. The molecule has 8 heteroatoms. The number of allylic oxidation sites excluding steroid dienone is 1. The number of nitrogen functional groups attached to an aromatic ring is 1. The number of phenolic OH excluding ortho intramolecular Hbond substituents is 1. The maximum atomic E-state index is 13.1. The highest BCUT2D eigenvalue weighted by Gasteiger charge is 2.18. The third-order valence-corrected chi connectivity index (χ3v) is 9.87. The summed E-state index contributed by atoms with van der Waals surface area (Å²) in [5.74, 6) is 0.500. The van der Waals surface area contributed by atoms with Crippen LogP contribution in [0.15, 0.2) is 85.1 Å². The predicted molar refractivity (Wildman–Crippen MR) is 212 cm³/mol. The zero-order valence-electron chi connectivity index (χ0n) is 31.4. The lowest BCUT2D eigenvalue weighted by Crippen LogP contribution is -2.09. The van der Waals surface area contributed by atoms with E-state index in [9.17, 15) is 24.9 Å². The van der Waals surface area contributed by atoms with Crippen molar-refractivity contribution in [2.24, 2.45) is 5.92 Å². The number of Topliss-reactive ketones (excluding diaryl/α,β-unsaturated/α-hetero) is 1. The number of anilines is 1. The Kier molecular flexibility index (Phi) is 16.8. The predicted octanol–water partition coefficient (Wildman–Crippen LogP) is 7.80. The van der Waals surface area contributed by atoms with Crippen LogP contribution in [0.2, 0.25) is 0 Å². The lowest BCUT2D eigenvalue weighted by Gasteiger charge is -2.17. The van der Waals surface area contributed by atoms with Gasteiger partial charge in [-0.1, -0.05) is 80.8 Å². The van der Waals surface area contributed by atoms with Gasteiger partial charge in [-0.3, -0.25) is 9.59 Å². The Hall–Kier alpha value is -4.79. The number of carbonyl (C=O) groups is 2. The van der Waals surface area contributed by atoms with E-state index in [2.05, 4.69) is 60.4 Å². The van der Waals surface area contributed by atoms with E-state index < -0.39 is 6.61 Å². The number of aliphatic hydroxyl groups excluding tert-OH is 2. The minimum absolute atomic E-state index is 0.0670. The molecule has 1 heterocycles. The highest BCUT2D eigenvalue weighted by atomic mass is 16.5. The van der Waals surface area contributed by atoms with E-state index in [0.717, 1.165) is 62.5 Å². The topological polar surface area (TPSA) is 143 Å². The molecule has 1 aromatic heterocycles. The summed E-state index contributed by atoms with van der Waals surface area (Å²) in [4.78, 5) is 30.3.